The van der Waals surface area contributed by atoms with E-state index in [1.807, 2.05) is 26.0 Å². The van der Waals surface area contributed by atoms with Crippen molar-refractivity contribution in [3.8, 4) is 0 Å². The SMILES string of the molecule is CCCNC(=O)[C@@H](C)NC(=O)CCCn1cnc2c(C)cccc2c1=O. The van der Waals surface area contributed by atoms with Gasteiger partial charge in [-0.05, 0) is 38.3 Å². The number of aryl methyl sites for hydroxylation is 2. The molecule has 0 bridgehead atoms. The second-order valence-corrected chi connectivity index (χ2v) is 6.40. The molecule has 0 aliphatic heterocycles. The Morgan fingerprint density at radius 3 is 2.81 bits per heavy atom. The molecule has 1 atom stereocenters. The number of hydrogen-bond donors (Lipinski definition) is 2. The second-order valence-electron chi connectivity index (χ2n) is 6.40. The molecule has 0 unspecified atom stereocenters. The number of aromatic nitrogens is 2. The van der Waals surface area contributed by atoms with Crippen LogP contribution in [0.15, 0.2) is 29.3 Å². The fraction of sp³-hybridized carbons (Fsp3) is 0.474. The van der Waals surface area contributed by atoms with Gasteiger partial charge in [0.05, 0.1) is 17.2 Å². The maximum atomic E-state index is 12.5. The van der Waals surface area contributed by atoms with Crippen LogP contribution in [0, 0.1) is 6.92 Å². The molecule has 1 heterocycles. The van der Waals surface area contributed by atoms with Crippen molar-refractivity contribution in [2.75, 3.05) is 6.54 Å². The molecular formula is C19H26N4O3. The molecule has 0 aliphatic carbocycles. The van der Waals surface area contributed by atoms with Gasteiger partial charge >= 0.3 is 0 Å². The number of carbonyl (C=O) groups excluding carboxylic acids is 2. The molecule has 0 fully saturated rings. The van der Waals surface area contributed by atoms with Gasteiger partial charge in [0.15, 0.2) is 0 Å². The third kappa shape index (κ3) is 4.91. The molecule has 0 radical (unpaired) electrons. The molecule has 2 aromatic rings. The monoisotopic (exact) mass is 358 g/mol. The number of fused-ring (bicyclic) bond motifs is 1. The number of rotatable bonds is 8. The largest absolute Gasteiger partial charge is 0.354 e. The standard InChI is InChI=1S/C19H26N4O3/c1-4-10-20-18(25)14(3)22-16(24)9-6-11-23-12-21-17-13(2)7-5-8-15(17)19(23)26/h5,7-8,12,14H,4,6,9-11H2,1-3H3,(H,20,25)(H,22,24)/t14-/m1/s1. The van der Waals surface area contributed by atoms with Crippen LogP contribution in [-0.2, 0) is 16.1 Å². The number of carbonyl (C=O) groups is 2. The predicted molar refractivity (Wildman–Crippen MR) is 101 cm³/mol. The first-order valence-corrected chi connectivity index (χ1v) is 8.96. The highest BCUT2D eigenvalue weighted by molar-refractivity contribution is 5.87. The summed E-state index contributed by atoms with van der Waals surface area (Å²) < 4.78 is 1.52. The Morgan fingerprint density at radius 1 is 1.31 bits per heavy atom. The third-order valence-corrected chi connectivity index (χ3v) is 4.18. The highest BCUT2D eigenvalue weighted by atomic mass is 16.2. The van der Waals surface area contributed by atoms with Crippen LogP contribution < -0.4 is 16.2 Å². The molecule has 7 nitrogen and oxygen atoms in total. The van der Waals surface area contributed by atoms with Gasteiger partial charge in [0.2, 0.25) is 11.8 Å². The molecule has 2 rings (SSSR count). The lowest BCUT2D eigenvalue weighted by Crippen LogP contribution is -2.45. The van der Waals surface area contributed by atoms with Gasteiger partial charge in [-0.25, -0.2) is 4.98 Å². The second kappa shape index (κ2) is 9.12. The van der Waals surface area contributed by atoms with Gasteiger partial charge in [-0.3, -0.25) is 19.0 Å². The van der Waals surface area contributed by atoms with Gasteiger partial charge in [0, 0.05) is 19.5 Å². The van der Waals surface area contributed by atoms with E-state index >= 15 is 0 Å². The van der Waals surface area contributed by atoms with Crippen molar-refractivity contribution in [1.82, 2.24) is 20.2 Å². The molecule has 0 saturated heterocycles. The normalized spacial score (nSPS) is 12.0. The van der Waals surface area contributed by atoms with Gasteiger partial charge in [-0.2, -0.15) is 0 Å². The molecule has 0 aliphatic rings. The first kappa shape index (κ1) is 19.6. The Morgan fingerprint density at radius 2 is 2.08 bits per heavy atom. The summed E-state index contributed by atoms with van der Waals surface area (Å²) in [6, 6.07) is 4.95. The van der Waals surface area contributed by atoms with Crippen LogP contribution in [0.1, 0.15) is 38.7 Å². The minimum atomic E-state index is -0.568. The van der Waals surface area contributed by atoms with Crippen LogP contribution in [0.2, 0.25) is 0 Å². The van der Waals surface area contributed by atoms with Gasteiger partial charge in [0.25, 0.3) is 5.56 Å². The molecule has 1 aromatic heterocycles. The molecule has 0 saturated carbocycles. The lowest BCUT2D eigenvalue weighted by Gasteiger charge is -2.14. The molecule has 2 N–H and O–H groups in total. The Kier molecular flexibility index (Phi) is 6.89. The molecule has 140 valence electrons. The summed E-state index contributed by atoms with van der Waals surface area (Å²) in [4.78, 5) is 40.6. The van der Waals surface area contributed by atoms with Crippen molar-refractivity contribution in [2.24, 2.45) is 0 Å². The van der Waals surface area contributed by atoms with Crippen molar-refractivity contribution < 1.29 is 9.59 Å². The van der Waals surface area contributed by atoms with E-state index in [2.05, 4.69) is 15.6 Å². The van der Waals surface area contributed by atoms with Crippen LogP contribution >= 0.6 is 0 Å². The van der Waals surface area contributed by atoms with Crippen LogP contribution in [0.4, 0.5) is 0 Å². The lowest BCUT2D eigenvalue weighted by atomic mass is 10.1. The number of benzene rings is 1. The summed E-state index contributed by atoms with van der Waals surface area (Å²) in [6.07, 6.45) is 3.11. The minimum Gasteiger partial charge on any atom is -0.354 e. The Balaban J connectivity index is 1.89. The average Bonchev–Trinajstić information content (AvgIpc) is 2.62. The molecule has 0 spiro atoms. The third-order valence-electron chi connectivity index (χ3n) is 4.18. The summed E-state index contributed by atoms with van der Waals surface area (Å²) in [5, 5.41) is 6.00. The fourth-order valence-corrected chi connectivity index (χ4v) is 2.69. The van der Waals surface area contributed by atoms with Crippen molar-refractivity contribution in [2.45, 2.75) is 52.6 Å². The molecular weight excluding hydrogens is 332 g/mol. The Bertz CT molecular complexity index is 844. The predicted octanol–water partition coefficient (Wildman–Crippen LogP) is 1.52. The summed E-state index contributed by atoms with van der Waals surface area (Å²) in [7, 11) is 0. The summed E-state index contributed by atoms with van der Waals surface area (Å²) >= 11 is 0. The van der Waals surface area contributed by atoms with E-state index in [1.165, 1.54) is 10.9 Å². The van der Waals surface area contributed by atoms with Crippen molar-refractivity contribution >= 4 is 22.7 Å². The smallest absolute Gasteiger partial charge is 0.261 e. The molecule has 7 heteroatoms. The zero-order valence-corrected chi connectivity index (χ0v) is 15.5. The zero-order chi connectivity index (χ0) is 19.1. The highest BCUT2D eigenvalue weighted by Crippen LogP contribution is 2.11. The number of nitrogens with zero attached hydrogens (tertiary/aromatic N) is 2. The number of amides is 2. The molecule has 1 aromatic carbocycles. The van der Waals surface area contributed by atoms with Gasteiger partial charge in [-0.1, -0.05) is 19.1 Å². The quantitative estimate of drug-likeness (QED) is 0.748. The summed E-state index contributed by atoms with van der Waals surface area (Å²) in [5.74, 6) is -0.396. The van der Waals surface area contributed by atoms with Crippen LogP contribution in [-0.4, -0.2) is 34.0 Å². The number of hydrogen-bond acceptors (Lipinski definition) is 4. The molecule has 26 heavy (non-hydrogen) atoms. The van der Waals surface area contributed by atoms with Gasteiger partial charge < -0.3 is 10.6 Å². The van der Waals surface area contributed by atoms with E-state index in [0.29, 0.717) is 30.4 Å². The molecule has 2 amide bonds. The Labute approximate surface area is 152 Å². The van der Waals surface area contributed by atoms with Crippen molar-refractivity contribution in [3.05, 3.63) is 40.4 Å². The van der Waals surface area contributed by atoms with E-state index in [1.54, 1.807) is 13.0 Å². The summed E-state index contributed by atoms with van der Waals surface area (Å²) in [6.45, 7) is 6.54. The maximum Gasteiger partial charge on any atom is 0.261 e. The van der Waals surface area contributed by atoms with Crippen molar-refractivity contribution in [3.63, 3.8) is 0 Å². The zero-order valence-electron chi connectivity index (χ0n) is 15.5. The topological polar surface area (TPSA) is 93.1 Å². The lowest BCUT2D eigenvalue weighted by molar-refractivity contribution is -0.128. The highest BCUT2D eigenvalue weighted by Gasteiger charge is 2.14. The van der Waals surface area contributed by atoms with Gasteiger partial charge in [-0.15, -0.1) is 0 Å². The average molecular weight is 358 g/mol. The van der Waals surface area contributed by atoms with E-state index in [4.69, 9.17) is 0 Å². The fourth-order valence-electron chi connectivity index (χ4n) is 2.69. The van der Waals surface area contributed by atoms with Gasteiger partial charge in [0.1, 0.15) is 6.04 Å². The summed E-state index contributed by atoms with van der Waals surface area (Å²) in [5.41, 5.74) is 1.56. The van der Waals surface area contributed by atoms with Crippen LogP contribution in [0.5, 0.6) is 0 Å². The van der Waals surface area contributed by atoms with Crippen LogP contribution in [0.3, 0.4) is 0 Å². The van der Waals surface area contributed by atoms with E-state index in [0.717, 1.165) is 12.0 Å². The van der Waals surface area contributed by atoms with E-state index < -0.39 is 6.04 Å². The first-order chi connectivity index (χ1) is 12.4. The van der Waals surface area contributed by atoms with E-state index in [-0.39, 0.29) is 23.8 Å². The first-order valence-electron chi connectivity index (χ1n) is 8.96. The number of para-hydroxylation sites is 1. The van der Waals surface area contributed by atoms with E-state index in [9.17, 15) is 14.4 Å². The Hall–Kier alpha value is -2.70. The van der Waals surface area contributed by atoms with Crippen molar-refractivity contribution in [1.29, 1.82) is 0 Å². The minimum absolute atomic E-state index is 0.105. The van der Waals surface area contributed by atoms with Crippen LogP contribution in [0.25, 0.3) is 10.9 Å². The maximum absolute atomic E-state index is 12.5. The number of nitrogens with one attached hydrogen (secondary N) is 2.